The summed E-state index contributed by atoms with van der Waals surface area (Å²) < 4.78 is 1.67. The molecule has 0 aliphatic carbocycles. The average molecular weight is 352 g/mol. The fourth-order valence-corrected chi connectivity index (χ4v) is 3.27. The van der Waals surface area contributed by atoms with E-state index in [1.54, 1.807) is 4.57 Å². The SMILES string of the molecule is Cc1ccc(/C=C/c2nc3ccccc3c(=O)n2-c2ccccc2)c(C)c1. The Labute approximate surface area is 158 Å². The Kier molecular flexibility index (Phi) is 4.43. The Morgan fingerprint density at radius 2 is 1.59 bits per heavy atom. The molecule has 3 heteroatoms. The normalized spacial score (nSPS) is 11.3. The highest BCUT2D eigenvalue weighted by molar-refractivity contribution is 5.80. The highest BCUT2D eigenvalue weighted by Crippen LogP contribution is 2.17. The van der Waals surface area contributed by atoms with Crippen LogP contribution in [0.5, 0.6) is 0 Å². The van der Waals surface area contributed by atoms with Crippen LogP contribution in [0.4, 0.5) is 0 Å². The van der Waals surface area contributed by atoms with Gasteiger partial charge in [-0.15, -0.1) is 0 Å². The molecular weight excluding hydrogens is 332 g/mol. The van der Waals surface area contributed by atoms with Crippen LogP contribution < -0.4 is 5.56 Å². The van der Waals surface area contributed by atoms with Crippen LogP contribution in [0.1, 0.15) is 22.5 Å². The van der Waals surface area contributed by atoms with Crippen LogP contribution in [0.3, 0.4) is 0 Å². The van der Waals surface area contributed by atoms with E-state index in [1.807, 2.05) is 66.7 Å². The van der Waals surface area contributed by atoms with Gasteiger partial charge in [-0.3, -0.25) is 9.36 Å². The van der Waals surface area contributed by atoms with Gasteiger partial charge in [-0.2, -0.15) is 0 Å². The number of benzene rings is 3. The van der Waals surface area contributed by atoms with Gasteiger partial charge >= 0.3 is 0 Å². The highest BCUT2D eigenvalue weighted by atomic mass is 16.1. The molecule has 0 N–H and O–H groups in total. The summed E-state index contributed by atoms with van der Waals surface area (Å²) in [5.74, 6) is 0.616. The zero-order chi connectivity index (χ0) is 18.8. The van der Waals surface area contributed by atoms with E-state index in [0.29, 0.717) is 16.7 Å². The summed E-state index contributed by atoms with van der Waals surface area (Å²) >= 11 is 0. The molecule has 0 spiro atoms. The zero-order valence-electron chi connectivity index (χ0n) is 15.4. The molecule has 0 bridgehead atoms. The lowest BCUT2D eigenvalue weighted by Gasteiger charge is -2.11. The number of para-hydroxylation sites is 2. The van der Waals surface area contributed by atoms with E-state index < -0.39 is 0 Å². The molecule has 1 aromatic heterocycles. The molecule has 27 heavy (non-hydrogen) atoms. The lowest BCUT2D eigenvalue weighted by Crippen LogP contribution is -2.22. The van der Waals surface area contributed by atoms with Gasteiger partial charge in [0.25, 0.3) is 5.56 Å². The molecule has 3 aromatic carbocycles. The van der Waals surface area contributed by atoms with Crippen molar-refractivity contribution in [3.63, 3.8) is 0 Å². The van der Waals surface area contributed by atoms with Crippen LogP contribution >= 0.6 is 0 Å². The number of fused-ring (bicyclic) bond motifs is 1. The van der Waals surface area contributed by atoms with Gasteiger partial charge in [-0.1, -0.05) is 60.2 Å². The van der Waals surface area contributed by atoms with Gasteiger partial charge in [0.05, 0.1) is 16.6 Å². The van der Waals surface area contributed by atoms with Crippen LogP contribution in [-0.2, 0) is 0 Å². The fourth-order valence-electron chi connectivity index (χ4n) is 3.27. The Morgan fingerprint density at radius 1 is 0.852 bits per heavy atom. The van der Waals surface area contributed by atoms with Gasteiger partial charge in [0.1, 0.15) is 5.82 Å². The summed E-state index contributed by atoms with van der Waals surface area (Å²) in [5, 5.41) is 0.616. The molecule has 1 heterocycles. The number of aryl methyl sites for hydroxylation is 2. The monoisotopic (exact) mass is 352 g/mol. The van der Waals surface area contributed by atoms with E-state index in [1.165, 1.54) is 11.1 Å². The van der Waals surface area contributed by atoms with Crippen molar-refractivity contribution in [3.05, 3.63) is 106 Å². The largest absolute Gasteiger partial charge is 0.268 e. The molecule has 3 nitrogen and oxygen atoms in total. The molecular formula is C24H20N2O. The lowest BCUT2D eigenvalue weighted by molar-refractivity contribution is 0.944. The van der Waals surface area contributed by atoms with Crippen molar-refractivity contribution in [2.24, 2.45) is 0 Å². The third kappa shape index (κ3) is 3.32. The summed E-state index contributed by atoms with van der Waals surface area (Å²) in [7, 11) is 0. The minimum absolute atomic E-state index is 0.0629. The first-order valence-corrected chi connectivity index (χ1v) is 8.96. The molecule has 4 rings (SSSR count). The standard InChI is InChI=1S/C24H20N2O/c1-17-12-13-19(18(2)16-17)14-15-23-25-22-11-7-6-10-21(22)24(27)26(23)20-8-4-3-5-9-20/h3-16H,1-2H3/b15-14+. The fraction of sp³-hybridized carbons (Fsp3) is 0.0833. The topological polar surface area (TPSA) is 34.9 Å². The Bertz CT molecular complexity index is 1200. The van der Waals surface area contributed by atoms with Gasteiger partial charge in [-0.25, -0.2) is 4.98 Å². The molecule has 0 unspecified atom stereocenters. The van der Waals surface area contributed by atoms with Gasteiger partial charge in [0.2, 0.25) is 0 Å². The number of aromatic nitrogens is 2. The van der Waals surface area contributed by atoms with E-state index in [9.17, 15) is 4.79 Å². The van der Waals surface area contributed by atoms with Gasteiger partial charge in [0, 0.05) is 0 Å². The second kappa shape index (κ2) is 7.04. The van der Waals surface area contributed by atoms with E-state index in [0.717, 1.165) is 11.3 Å². The van der Waals surface area contributed by atoms with Crippen molar-refractivity contribution in [2.75, 3.05) is 0 Å². The molecule has 0 amide bonds. The maximum Gasteiger partial charge on any atom is 0.266 e. The van der Waals surface area contributed by atoms with Crippen molar-refractivity contribution in [3.8, 4) is 5.69 Å². The maximum absolute atomic E-state index is 13.2. The third-order valence-electron chi connectivity index (χ3n) is 4.65. The van der Waals surface area contributed by atoms with Gasteiger partial charge < -0.3 is 0 Å². The quantitative estimate of drug-likeness (QED) is 0.510. The predicted molar refractivity (Wildman–Crippen MR) is 112 cm³/mol. The first-order chi connectivity index (χ1) is 13.1. The summed E-state index contributed by atoms with van der Waals surface area (Å²) in [4.78, 5) is 17.9. The number of hydrogen-bond acceptors (Lipinski definition) is 2. The number of hydrogen-bond donors (Lipinski definition) is 0. The summed E-state index contributed by atoms with van der Waals surface area (Å²) in [6.45, 7) is 4.17. The molecule has 132 valence electrons. The van der Waals surface area contributed by atoms with Crippen LogP contribution in [0.2, 0.25) is 0 Å². The zero-order valence-corrected chi connectivity index (χ0v) is 15.4. The van der Waals surface area contributed by atoms with Crippen molar-refractivity contribution in [1.82, 2.24) is 9.55 Å². The highest BCUT2D eigenvalue weighted by Gasteiger charge is 2.10. The van der Waals surface area contributed by atoms with Crippen LogP contribution in [0.15, 0.2) is 77.6 Å². The third-order valence-corrected chi connectivity index (χ3v) is 4.65. The van der Waals surface area contributed by atoms with Crippen molar-refractivity contribution >= 4 is 23.1 Å². The van der Waals surface area contributed by atoms with Crippen LogP contribution in [0, 0.1) is 13.8 Å². The summed E-state index contributed by atoms with van der Waals surface area (Å²) in [6, 6.07) is 23.4. The smallest absolute Gasteiger partial charge is 0.266 e. The predicted octanol–water partition coefficient (Wildman–Crippen LogP) is 5.17. The lowest BCUT2D eigenvalue weighted by atomic mass is 10.1. The first kappa shape index (κ1) is 17.0. The number of nitrogens with zero attached hydrogens (tertiary/aromatic N) is 2. The molecule has 0 fully saturated rings. The van der Waals surface area contributed by atoms with E-state index in [2.05, 4.69) is 32.0 Å². The summed E-state index contributed by atoms with van der Waals surface area (Å²) in [5.41, 5.74) is 4.99. The van der Waals surface area contributed by atoms with Crippen LogP contribution in [0.25, 0.3) is 28.7 Å². The summed E-state index contributed by atoms with van der Waals surface area (Å²) in [6.07, 6.45) is 3.93. The molecule has 0 atom stereocenters. The van der Waals surface area contributed by atoms with Gasteiger partial charge in [0.15, 0.2) is 0 Å². The Morgan fingerprint density at radius 3 is 2.37 bits per heavy atom. The van der Waals surface area contributed by atoms with Gasteiger partial charge in [-0.05, 0) is 55.3 Å². The molecule has 0 saturated carbocycles. The van der Waals surface area contributed by atoms with E-state index in [4.69, 9.17) is 4.98 Å². The number of rotatable bonds is 3. The second-order valence-electron chi connectivity index (χ2n) is 6.66. The Hall–Kier alpha value is -3.46. The molecule has 0 saturated heterocycles. The Balaban J connectivity index is 1.93. The first-order valence-electron chi connectivity index (χ1n) is 8.96. The van der Waals surface area contributed by atoms with Crippen molar-refractivity contribution in [1.29, 1.82) is 0 Å². The molecule has 0 aliphatic heterocycles. The minimum Gasteiger partial charge on any atom is -0.268 e. The van der Waals surface area contributed by atoms with Crippen LogP contribution in [-0.4, -0.2) is 9.55 Å². The molecule has 0 aliphatic rings. The molecule has 4 aromatic rings. The van der Waals surface area contributed by atoms with E-state index in [-0.39, 0.29) is 5.56 Å². The van der Waals surface area contributed by atoms with Crippen molar-refractivity contribution < 1.29 is 0 Å². The van der Waals surface area contributed by atoms with Crippen molar-refractivity contribution in [2.45, 2.75) is 13.8 Å². The molecule has 0 radical (unpaired) electrons. The second-order valence-corrected chi connectivity index (χ2v) is 6.66. The minimum atomic E-state index is -0.0629. The van der Waals surface area contributed by atoms with E-state index >= 15 is 0 Å². The maximum atomic E-state index is 13.2. The average Bonchev–Trinajstić information content (AvgIpc) is 2.68.